The molecule has 0 bridgehead atoms. The van der Waals surface area contributed by atoms with Gasteiger partial charge in [0.25, 0.3) is 0 Å². The Labute approximate surface area is 159 Å². The molecule has 1 aliphatic rings. The predicted octanol–water partition coefficient (Wildman–Crippen LogP) is 3.37. The van der Waals surface area contributed by atoms with Crippen LogP contribution in [0.4, 0.5) is 0 Å². The molecule has 2 aromatic carbocycles. The van der Waals surface area contributed by atoms with Crippen LogP contribution in [0.1, 0.15) is 43.4 Å². The van der Waals surface area contributed by atoms with Crippen LogP contribution in [0.5, 0.6) is 0 Å². The van der Waals surface area contributed by atoms with Crippen molar-refractivity contribution >= 4 is 11.9 Å². The molecule has 1 N–H and O–H groups in total. The Bertz CT molecular complexity index is 708. The highest BCUT2D eigenvalue weighted by Crippen LogP contribution is 2.45. The number of hydrogen-bond acceptors (Lipinski definition) is 5. The van der Waals surface area contributed by atoms with Gasteiger partial charge in [0.05, 0.1) is 13.2 Å². The van der Waals surface area contributed by atoms with E-state index in [1.807, 2.05) is 60.7 Å². The van der Waals surface area contributed by atoms with E-state index in [-0.39, 0.29) is 31.6 Å². The lowest BCUT2D eigenvalue weighted by molar-refractivity contribution is -0.165. The summed E-state index contributed by atoms with van der Waals surface area (Å²) in [5.74, 6) is -1.23. The van der Waals surface area contributed by atoms with E-state index >= 15 is 0 Å². The fourth-order valence-corrected chi connectivity index (χ4v) is 3.74. The van der Waals surface area contributed by atoms with E-state index in [0.717, 1.165) is 11.1 Å². The predicted molar refractivity (Wildman–Crippen MR) is 102 cm³/mol. The van der Waals surface area contributed by atoms with Crippen molar-refractivity contribution in [2.24, 2.45) is 0 Å². The average Bonchev–Trinajstić information content (AvgIpc) is 3.12. The van der Waals surface area contributed by atoms with Crippen LogP contribution in [0.3, 0.4) is 0 Å². The summed E-state index contributed by atoms with van der Waals surface area (Å²) in [6.07, 6.45) is 0.286. The lowest BCUT2D eigenvalue weighted by Gasteiger charge is -2.25. The molecule has 0 saturated carbocycles. The van der Waals surface area contributed by atoms with Gasteiger partial charge in [0.15, 0.2) is 0 Å². The molecule has 1 heterocycles. The van der Waals surface area contributed by atoms with Crippen LogP contribution in [-0.2, 0) is 19.1 Å². The van der Waals surface area contributed by atoms with Gasteiger partial charge in [-0.05, 0) is 31.4 Å². The van der Waals surface area contributed by atoms with Gasteiger partial charge in [0.1, 0.15) is 0 Å². The number of benzene rings is 2. The first-order valence-electron chi connectivity index (χ1n) is 9.34. The first-order valence-corrected chi connectivity index (χ1v) is 9.34. The van der Waals surface area contributed by atoms with E-state index in [9.17, 15) is 9.59 Å². The molecule has 0 spiro atoms. The minimum absolute atomic E-state index is 0.0672. The first kappa shape index (κ1) is 19.1. The summed E-state index contributed by atoms with van der Waals surface area (Å²) < 4.78 is 10.5. The molecular formula is C22H25NO4. The molecular weight excluding hydrogens is 342 g/mol. The summed E-state index contributed by atoms with van der Waals surface area (Å²) in [5.41, 5.74) is 0.573. The van der Waals surface area contributed by atoms with E-state index in [4.69, 9.17) is 9.47 Å². The number of carbonyl (C=O) groups is 2. The normalized spacial score (nSPS) is 20.8. The number of rotatable bonds is 6. The van der Waals surface area contributed by atoms with Crippen LogP contribution in [-0.4, -0.2) is 30.7 Å². The first-order chi connectivity index (χ1) is 13.1. The number of ether oxygens (including phenoxy) is 2. The van der Waals surface area contributed by atoms with E-state index in [0.29, 0.717) is 0 Å². The maximum Gasteiger partial charge on any atom is 0.338 e. The molecule has 0 unspecified atom stereocenters. The molecule has 0 aromatic heterocycles. The molecule has 1 fully saturated rings. The third-order valence-corrected chi connectivity index (χ3v) is 4.96. The van der Waals surface area contributed by atoms with Crippen molar-refractivity contribution in [2.75, 3.05) is 13.2 Å². The Morgan fingerprint density at radius 3 is 1.85 bits per heavy atom. The van der Waals surface area contributed by atoms with Crippen molar-refractivity contribution in [3.63, 3.8) is 0 Å². The molecule has 1 saturated heterocycles. The second-order valence-electron chi connectivity index (χ2n) is 6.60. The van der Waals surface area contributed by atoms with Gasteiger partial charge in [0.2, 0.25) is 5.54 Å². The Kier molecular flexibility index (Phi) is 5.91. The largest absolute Gasteiger partial charge is 0.464 e. The standard InChI is InChI=1S/C22H25NO4/c1-3-26-20(24)22(21(25)27-4-2)15-18(16-11-7-5-8-12-16)19(23-22)17-13-9-6-10-14-17/h5-14,18-19,23H,3-4,15H2,1-2H3/t18-,19-/m0/s1. The third-order valence-electron chi connectivity index (χ3n) is 4.96. The van der Waals surface area contributed by atoms with E-state index in [1.54, 1.807) is 13.8 Å². The topological polar surface area (TPSA) is 64.6 Å². The van der Waals surface area contributed by atoms with Gasteiger partial charge < -0.3 is 9.47 Å². The van der Waals surface area contributed by atoms with Gasteiger partial charge in [0, 0.05) is 12.0 Å². The molecule has 0 aliphatic carbocycles. The third kappa shape index (κ3) is 3.74. The van der Waals surface area contributed by atoms with E-state index < -0.39 is 17.5 Å². The van der Waals surface area contributed by atoms with Crippen molar-refractivity contribution in [3.8, 4) is 0 Å². The zero-order chi connectivity index (χ0) is 19.3. The molecule has 0 amide bonds. The second-order valence-corrected chi connectivity index (χ2v) is 6.60. The Morgan fingerprint density at radius 1 is 0.889 bits per heavy atom. The van der Waals surface area contributed by atoms with Gasteiger partial charge >= 0.3 is 11.9 Å². The maximum atomic E-state index is 12.9. The van der Waals surface area contributed by atoms with Gasteiger partial charge in [-0.3, -0.25) is 5.32 Å². The Hall–Kier alpha value is -2.66. The van der Waals surface area contributed by atoms with Gasteiger partial charge in [-0.1, -0.05) is 60.7 Å². The van der Waals surface area contributed by atoms with Crippen molar-refractivity contribution in [2.45, 2.75) is 37.8 Å². The van der Waals surface area contributed by atoms with Crippen LogP contribution >= 0.6 is 0 Å². The average molecular weight is 367 g/mol. The lowest BCUT2D eigenvalue weighted by atomic mass is 9.84. The number of hydrogen-bond donors (Lipinski definition) is 1. The molecule has 0 radical (unpaired) electrons. The SMILES string of the molecule is CCOC(=O)C1(C(=O)OCC)C[C@@H](c2ccccc2)[C@H](c2ccccc2)N1. The fraction of sp³-hybridized carbons (Fsp3) is 0.364. The second kappa shape index (κ2) is 8.35. The molecule has 5 heteroatoms. The summed E-state index contributed by atoms with van der Waals surface area (Å²) in [6.45, 7) is 3.87. The quantitative estimate of drug-likeness (QED) is 0.626. The molecule has 5 nitrogen and oxygen atoms in total. The molecule has 142 valence electrons. The van der Waals surface area contributed by atoms with E-state index in [1.165, 1.54) is 0 Å². The van der Waals surface area contributed by atoms with Crippen molar-refractivity contribution < 1.29 is 19.1 Å². The number of carbonyl (C=O) groups excluding carboxylic acids is 2. The zero-order valence-corrected chi connectivity index (χ0v) is 15.7. The van der Waals surface area contributed by atoms with Gasteiger partial charge in [-0.15, -0.1) is 0 Å². The van der Waals surface area contributed by atoms with Crippen LogP contribution in [0.2, 0.25) is 0 Å². The van der Waals surface area contributed by atoms with Crippen LogP contribution in [0, 0.1) is 0 Å². The van der Waals surface area contributed by atoms with E-state index in [2.05, 4.69) is 5.32 Å². The number of esters is 2. The highest BCUT2D eigenvalue weighted by atomic mass is 16.6. The smallest absolute Gasteiger partial charge is 0.338 e. The van der Waals surface area contributed by atoms with Crippen LogP contribution in [0.15, 0.2) is 60.7 Å². The fourth-order valence-electron chi connectivity index (χ4n) is 3.74. The minimum atomic E-state index is -1.51. The highest BCUT2D eigenvalue weighted by molar-refractivity contribution is 6.05. The molecule has 2 aromatic rings. The monoisotopic (exact) mass is 367 g/mol. The molecule has 3 rings (SSSR count). The van der Waals surface area contributed by atoms with Crippen LogP contribution < -0.4 is 5.32 Å². The number of nitrogens with one attached hydrogen (secondary N) is 1. The van der Waals surface area contributed by atoms with Gasteiger partial charge in [-0.2, -0.15) is 0 Å². The molecule has 27 heavy (non-hydrogen) atoms. The summed E-state index contributed by atoms with van der Waals surface area (Å²) in [5, 5.41) is 3.29. The van der Waals surface area contributed by atoms with Crippen LogP contribution in [0.25, 0.3) is 0 Å². The summed E-state index contributed by atoms with van der Waals surface area (Å²) in [6, 6.07) is 19.6. The summed E-state index contributed by atoms with van der Waals surface area (Å²) >= 11 is 0. The Morgan fingerprint density at radius 2 is 1.37 bits per heavy atom. The van der Waals surface area contributed by atoms with Crippen molar-refractivity contribution in [3.05, 3.63) is 71.8 Å². The molecule has 1 aliphatic heterocycles. The summed E-state index contributed by atoms with van der Waals surface area (Å²) in [4.78, 5) is 25.7. The van der Waals surface area contributed by atoms with Crippen molar-refractivity contribution in [1.29, 1.82) is 0 Å². The Balaban J connectivity index is 2.06. The minimum Gasteiger partial charge on any atom is -0.464 e. The molecule has 2 atom stereocenters. The zero-order valence-electron chi connectivity index (χ0n) is 15.7. The van der Waals surface area contributed by atoms with Gasteiger partial charge in [-0.25, -0.2) is 9.59 Å². The van der Waals surface area contributed by atoms with Crippen molar-refractivity contribution in [1.82, 2.24) is 5.32 Å². The maximum absolute atomic E-state index is 12.9. The highest BCUT2D eigenvalue weighted by Gasteiger charge is 2.58. The summed E-state index contributed by atoms with van der Waals surface area (Å²) in [7, 11) is 0. The lowest BCUT2D eigenvalue weighted by Crippen LogP contribution is -2.56.